The van der Waals surface area contributed by atoms with Crippen molar-refractivity contribution in [1.82, 2.24) is 10.6 Å². The zero-order valence-corrected chi connectivity index (χ0v) is 13.3. The number of ketones is 1. The third-order valence-electron chi connectivity index (χ3n) is 3.22. The van der Waals surface area contributed by atoms with Crippen molar-refractivity contribution >= 4 is 11.7 Å². The standard InChI is InChI=1S/C16H32N2O2/c1-3-5-9-15(19)10-7-6-8-13-17-14-11-16(20)18-12-4-2/h17H,3-14H2,1-2H3,(H,18,20). The van der Waals surface area contributed by atoms with E-state index in [1.165, 1.54) is 0 Å². The molecule has 0 saturated carbocycles. The van der Waals surface area contributed by atoms with E-state index in [1.807, 2.05) is 6.92 Å². The summed E-state index contributed by atoms with van der Waals surface area (Å²) in [5, 5.41) is 6.13. The van der Waals surface area contributed by atoms with E-state index in [0.717, 1.165) is 71.0 Å². The lowest BCUT2D eigenvalue weighted by Crippen LogP contribution is -2.28. The highest BCUT2D eigenvalue weighted by Gasteiger charge is 2.01. The topological polar surface area (TPSA) is 58.2 Å². The first-order valence-electron chi connectivity index (χ1n) is 8.19. The number of carbonyl (C=O) groups is 2. The van der Waals surface area contributed by atoms with Gasteiger partial charge in [0.25, 0.3) is 0 Å². The number of nitrogens with one attached hydrogen (secondary N) is 2. The lowest BCUT2D eigenvalue weighted by Gasteiger charge is -2.05. The average molecular weight is 284 g/mol. The van der Waals surface area contributed by atoms with E-state index in [0.29, 0.717) is 12.2 Å². The Kier molecular flexibility index (Phi) is 13.9. The van der Waals surface area contributed by atoms with E-state index in [4.69, 9.17) is 0 Å². The molecular weight excluding hydrogens is 252 g/mol. The van der Waals surface area contributed by atoms with Gasteiger partial charge in [-0.3, -0.25) is 9.59 Å². The molecule has 1 amide bonds. The van der Waals surface area contributed by atoms with Crippen molar-refractivity contribution in [2.75, 3.05) is 19.6 Å². The molecule has 118 valence electrons. The van der Waals surface area contributed by atoms with Gasteiger partial charge in [-0.1, -0.05) is 26.7 Å². The molecule has 0 heterocycles. The van der Waals surface area contributed by atoms with Crippen LogP contribution in [0.15, 0.2) is 0 Å². The Morgan fingerprint density at radius 1 is 0.750 bits per heavy atom. The Labute approximate surface area is 124 Å². The SMILES string of the molecule is CCCCC(=O)CCCCCNCCC(=O)NCCC. The number of rotatable bonds is 14. The van der Waals surface area contributed by atoms with Crippen LogP contribution < -0.4 is 10.6 Å². The number of hydrogen-bond acceptors (Lipinski definition) is 3. The second-order valence-electron chi connectivity index (χ2n) is 5.30. The van der Waals surface area contributed by atoms with E-state index in [9.17, 15) is 9.59 Å². The Balaban J connectivity index is 3.20. The van der Waals surface area contributed by atoms with Crippen molar-refractivity contribution in [3.8, 4) is 0 Å². The molecule has 0 aliphatic carbocycles. The van der Waals surface area contributed by atoms with Gasteiger partial charge in [0.05, 0.1) is 0 Å². The van der Waals surface area contributed by atoms with Crippen LogP contribution in [0.2, 0.25) is 0 Å². The van der Waals surface area contributed by atoms with Gasteiger partial charge in [-0.15, -0.1) is 0 Å². The Morgan fingerprint density at radius 2 is 1.50 bits per heavy atom. The minimum Gasteiger partial charge on any atom is -0.356 e. The van der Waals surface area contributed by atoms with Crippen molar-refractivity contribution in [3.05, 3.63) is 0 Å². The minimum absolute atomic E-state index is 0.126. The van der Waals surface area contributed by atoms with Crippen molar-refractivity contribution in [1.29, 1.82) is 0 Å². The van der Waals surface area contributed by atoms with E-state index >= 15 is 0 Å². The molecular formula is C16H32N2O2. The second kappa shape index (κ2) is 14.5. The monoisotopic (exact) mass is 284 g/mol. The molecule has 0 aliphatic heterocycles. The van der Waals surface area contributed by atoms with Gasteiger partial charge in [-0.25, -0.2) is 0 Å². The van der Waals surface area contributed by atoms with Gasteiger partial charge < -0.3 is 10.6 Å². The molecule has 0 aromatic carbocycles. The molecule has 0 rings (SSSR count). The summed E-state index contributed by atoms with van der Waals surface area (Å²) in [6, 6.07) is 0. The van der Waals surface area contributed by atoms with Gasteiger partial charge in [0.15, 0.2) is 0 Å². The van der Waals surface area contributed by atoms with E-state index in [2.05, 4.69) is 17.6 Å². The molecule has 0 aliphatic rings. The molecule has 4 nitrogen and oxygen atoms in total. The van der Waals surface area contributed by atoms with E-state index in [1.54, 1.807) is 0 Å². The molecule has 0 aromatic heterocycles. The first-order chi connectivity index (χ1) is 9.70. The minimum atomic E-state index is 0.126. The highest BCUT2D eigenvalue weighted by atomic mass is 16.1. The van der Waals surface area contributed by atoms with Gasteiger partial charge in [0, 0.05) is 32.4 Å². The molecule has 0 saturated heterocycles. The zero-order valence-electron chi connectivity index (χ0n) is 13.3. The molecule has 0 bridgehead atoms. The first-order valence-corrected chi connectivity index (χ1v) is 8.19. The van der Waals surface area contributed by atoms with Crippen molar-refractivity contribution < 1.29 is 9.59 Å². The number of Topliss-reactive ketones (excluding diaryl/α,β-unsaturated/α-hetero) is 1. The summed E-state index contributed by atoms with van der Waals surface area (Å²) in [6.07, 6.45) is 8.32. The van der Waals surface area contributed by atoms with Gasteiger partial charge in [0.2, 0.25) is 5.91 Å². The number of unbranched alkanes of at least 4 members (excludes halogenated alkanes) is 3. The summed E-state index contributed by atoms with van der Waals surface area (Å²) in [5.41, 5.74) is 0. The molecule has 0 spiro atoms. The maximum absolute atomic E-state index is 11.4. The molecule has 0 aromatic rings. The summed E-state index contributed by atoms with van der Waals surface area (Å²) in [5.74, 6) is 0.535. The number of amides is 1. The van der Waals surface area contributed by atoms with Crippen LogP contribution in [0.4, 0.5) is 0 Å². The third-order valence-corrected chi connectivity index (χ3v) is 3.22. The first kappa shape index (κ1) is 19.1. The lowest BCUT2D eigenvalue weighted by atomic mass is 10.1. The van der Waals surface area contributed by atoms with Crippen LogP contribution in [-0.2, 0) is 9.59 Å². The van der Waals surface area contributed by atoms with Gasteiger partial charge in [-0.2, -0.15) is 0 Å². The van der Waals surface area contributed by atoms with Gasteiger partial charge >= 0.3 is 0 Å². The molecule has 0 unspecified atom stereocenters. The lowest BCUT2D eigenvalue weighted by molar-refractivity contribution is -0.121. The summed E-state index contributed by atoms with van der Waals surface area (Å²) in [7, 11) is 0. The number of hydrogen-bond donors (Lipinski definition) is 2. The number of carbonyl (C=O) groups excluding carboxylic acids is 2. The molecule has 0 fully saturated rings. The largest absolute Gasteiger partial charge is 0.356 e. The van der Waals surface area contributed by atoms with Crippen LogP contribution in [0.3, 0.4) is 0 Å². The summed E-state index contributed by atoms with van der Waals surface area (Å²) in [4.78, 5) is 22.7. The summed E-state index contributed by atoms with van der Waals surface area (Å²) in [6.45, 7) is 6.60. The van der Waals surface area contributed by atoms with E-state index < -0.39 is 0 Å². The van der Waals surface area contributed by atoms with Gasteiger partial charge in [-0.05, 0) is 32.2 Å². The van der Waals surface area contributed by atoms with Crippen molar-refractivity contribution in [2.45, 2.75) is 71.6 Å². The third kappa shape index (κ3) is 13.5. The van der Waals surface area contributed by atoms with Crippen LogP contribution in [0.1, 0.15) is 71.6 Å². The van der Waals surface area contributed by atoms with Crippen molar-refractivity contribution in [2.24, 2.45) is 0 Å². The van der Waals surface area contributed by atoms with Crippen LogP contribution in [0, 0.1) is 0 Å². The van der Waals surface area contributed by atoms with Crippen LogP contribution in [-0.4, -0.2) is 31.3 Å². The molecule has 2 N–H and O–H groups in total. The van der Waals surface area contributed by atoms with E-state index in [-0.39, 0.29) is 5.91 Å². The highest BCUT2D eigenvalue weighted by Crippen LogP contribution is 2.04. The summed E-state index contributed by atoms with van der Waals surface area (Å²) >= 11 is 0. The maximum Gasteiger partial charge on any atom is 0.221 e. The predicted octanol–water partition coefficient (Wildman–Crippen LogP) is 2.81. The second-order valence-corrected chi connectivity index (χ2v) is 5.30. The molecule has 20 heavy (non-hydrogen) atoms. The zero-order chi connectivity index (χ0) is 15.1. The fourth-order valence-electron chi connectivity index (χ4n) is 1.93. The van der Waals surface area contributed by atoms with Crippen LogP contribution in [0.25, 0.3) is 0 Å². The maximum atomic E-state index is 11.4. The van der Waals surface area contributed by atoms with Crippen molar-refractivity contribution in [3.63, 3.8) is 0 Å². The van der Waals surface area contributed by atoms with Crippen LogP contribution >= 0.6 is 0 Å². The predicted molar refractivity (Wildman–Crippen MR) is 83.8 cm³/mol. The fourth-order valence-corrected chi connectivity index (χ4v) is 1.93. The smallest absolute Gasteiger partial charge is 0.221 e. The van der Waals surface area contributed by atoms with Crippen LogP contribution in [0.5, 0.6) is 0 Å². The molecule has 4 heteroatoms. The Hall–Kier alpha value is -0.900. The Morgan fingerprint density at radius 3 is 2.20 bits per heavy atom. The molecule has 0 radical (unpaired) electrons. The average Bonchev–Trinajstić information content (AvgIpc) is 2.45. The van der Waals surface area contributed by atoms with Gasteiger partial charge in [0.1, 0.15) is 5.78 Å². The highest BCUT2D eigenvalue weighted by molar-refractivity contribution is 5.78. The quantitative estimate of drug-likeness (QED) is 0.482. The summed E-state index contributed by atoms with van der Waals surface area (Å²) < 4.78 is 0. The Bertz CT molecular complexity index is 229. The fraction of sp³-hybridized carbons (Fsp3) is 0.875. The molecule has 0 atom stereocenters. The normalized spacial score (nSPS) is 10.5.